The Kier molecular flexibility index (Phi) is 8.35. The van der Waals surface area contributed by atoms with Crippen molar-refractivity contribution < 1.29 is 4.74 Å². The number of benzene rings is 1. The Morgan fingerprint density at radius 2 is 1.71 bits per heavy atom. The van der Waals surface area contributed by atoms with Crippen LogP contribution in [0.2, 0.25) is 39.3 Å². The van der Waals surface area contributed by atoms with Crippen LogP contribution < -0.4 is 5.19 Å². The molecule has 134 valence electrons. The van der Waals surface area contributed by atoms with E-state index < -0.39 is 16.5 Å². The predicted octanol–water partition coefficient (Wildman–Crippen LogP) is 4.38. The van der Waals surface area contributed by atoms with Gasteiger partial charge in [0.15, 0.2) is 0 Å². The predicted molar refractivity (Wildman–Crippen MR) is 115 cm³/mol. The van der Waals surface area contributed by atoms with E-state index in [0.717, 1.165) is 12.8 Å². The Morgan fingerprint density at radius 3 is 2.21 bits per heavy atom. The van der Waals surface area contributed by atoms with Gasteiger partial charge >= 0.3 is 0 Å². The molecule has 0 aliphatic rings. The Balaban J connectivity index is 2.64. The van der Waals surface area contributed by atoms with Gasteiger partial charge in [-0.2, -0.15) is 0 Å². The molecular weight excluding hydrogens is 342 g/mol. The molecule has 0 fully saturated rings. The first-order valence-corrected chi connectivity index (χ1v) is 17.0. The summed E-state index contributed by atoms with van der Waals surface area (Å²) in [4.78, 5) is 0. The van der Waals surface area contributed by atoms with E-state index >= 15 is 0 Å². The third-order valence-corrected chi connectivity index (χ3v) is 13.0. The molecule has 0 aliphatic heterocycles. The van der Waals surface area contributed by atoms with Crippen molar-refractivity contribution >= 4 is 37.3 Å². The molecule has 2 radical (unpaired) electrons. The van der Waals surface area contributed by atoms with Gasteiger partial charge in [0.1, 0.15) is 26.0 Å². The molecule has 0 spiro atoms. The summed E-state index contributed by atoms with van der Waals surface area (Å²) in [5, 5.41) is 1.35. The zero-order valence-electron chi connectivity index (χ0n) is 16.6. The maximum absolute atomic E-state index is 6.14. The molecule has 2 nitrogen and oxygen atoms in total. The molecule has 0 aliphatic carbocycles. The van der Waals surface area contributed by atoms with Gasteiger partial charge in [-0.1, -0.05) is 88.3 Å². The third-order valence-electron chi connectivity index (χ3n) is 4.14. The van der Waals surface area contributed by atoms with E-state index in [1.54, 1.807) is 0 Å². The summed E-state index contributed by atoms with van der Waals surface area (Å²) < 4.78 is 9.02. The van der Waals surface area contributed by atoms with E-state index in [1.165, 1.54) is 17.2 Å². The minimum absolute atomic E-state index is 0.558. The second-order valence-corrected chi connectivity index (χ2v) is 19.5. The zero-order chi connectivity index (χ0) is 18.4. The van der Waals surface area contributed by atoms with Crippen LogP contribution in [0.3, 0.4) is 0 Å². The normalized spacial score (nSPS) is 14.0. The molecule has 0 N–H and O–H groups in total. The van der Waals surface area contributed by atoms with Crippen LogP contribution in [0.1, 0.15) is 18.9 Å². The lowest BCUT2D eigenvalue weighted by atomic mass is 10.2. The van der Waals surface area contributed by atoms with E-state index in [1.807, 2.05) is 6.08 Å². The molecule has 5 heteroatoms. The number of hydrogen-bond donors (Lipinski definition) is 0. The van der Waals surface area contributed by atoms with Crippen LogP contribution in [0.15, 0.2) is 30.8 Å². The summed E-state index contributed by atoms with van der Waals surface area (Å²) in [5.74, 6) is 0. The van der Waals surface area contributed by atoms with Gasteiger partial charge in [0.05, 0.1) is 6.61 Å². The average Bonchev–Trinajstić information content (AvgIpc) is 2.47. The van der Waals surface area contributed by atoms with Gasteiger partial charge in [0.2, 0.25) is 0 Å². The van der Waals surface area contributed by atoms with Gasteiger partial charge in [0, 0.05) is 12.3 Å². The fraction of sp³-hybridized carbons (Fsp3) is 0.579. The number of hydrogen-bond acceptors (Lipinski definition) is 2. The van der Waals surface area contributed by atoms with Crippen LogP contribution in [0.4, 0.5) is 0 Å². The highest BCUT2D eigenvalue weighted by molar-refractivity contribution is 6.89. The minimum Gasteiger partial charge on any atom is -0.383 e. The highest BCUT2D eigenvalue weighted by atomic mass is 28.4. The molecule has 1 aromatic rings. The summed E-state index contributed by atoms with van der Waals surface area (Å²) >= 11 is 0. The lowest BCUT2D eigenvalue weighted by Gasteiger charge is -2.48. The molecular formula is C19H35NOSi3. The molecule has 1 aromatic carbocycles. The van der Waals surface area contributed by atoms with E-state index in [-0.39, 0.29) is 0 Å². The van der Waals surface area contributed by atoms with Crippen molar-refractivity contribution in [2.24, 2.45) is 0 Å². The maximum atomic E-state index is 6.14. The zero-order valence-corrected chi connectivity index (χ0v) is 19.6. The topological polar surface area (TPSA) is 12.5 Å². The fourth-order valence-corrected chi connectivity index (χ4v) is 15.4. The number of ether oxygens (including phenoxy) is 1. The molecule has 0 aromatic heterocycles. The monoisotopic (exact) mass is 377 g/mol. The first-order valence-electron chi connectivity index (χ1n) is 8.93. The first-order chi connectivity index (χ1) is 11.1. The van der Waals surface area contributed by atoms with Crippen molar-refractivity contribution in [3.63, 3.8) is 0 Å². The highest BCUT2D eigenvalue weighted by Gasteiger charge is 2.38. The number of rotatable bonds is 10. The first kappa shape index (κ1) is 21.6. The van der Waals surface area contributed by atoms with Crippen molar-refractivity contribution in [2.45, 2.75) is 58.7 Å². The maximum Gasteiger partial charge on any atom is 0.115 e. The largest absolute Gasteiger partial charge is 0.383 e. The summed E-state index contributed by atoms with van der Waals surface area (Å²) in [5.41, 5.74) is 1.23. The Morgan fingerprint density at radius 1 is 1.12 bits per heavy atom. The van der Waals surface area contributed by atoms with Crippen molar-refractivity contribution in [1.82, 2.24) is 4.23 Å². The van der Waals surface area contributed by atoms with Crippen molar-refractivity contribution in [3.8, 4) is 0 Å². The molecule has 24 heavy (non-hydrogen) atoms. The van der Waals surface area contributed by atoms with Crippen LogP contribution in [-0.2, 0) is 4.74 Å². The van der Waals surface area contributed by atoms with Crippen molar-refractivity contribution in [3.05, 3.63) is 36.4 Å². The van der Waals surface area contributed by atoms with Crippen LogP contribution >= 0.6 is 0 Å². The molecule has 0 saturated carbocycles. The van der Waals surface area contributed by atoms with Gasteiger partial charge < -0.3 is 8.97 Å². The van der Waals surface area contributed by atoms with Crippen LogP contribution in [0, 0.1) is 0 Å². The third kappa shape index (κ3) is 6.44. The fourth-order valence-electron chi connectivity index (χ4n) is 3.64. The Bertz CT molecular complexity index is 506. The highest BCUT2D eigenvalue weighted by Crippen LogP contribution is 2.24. The second-order valence-electron chi connectivity index (χ2n) is 8.26. The Hall–Kier alpha value is -0.469. The minimum atomic E-state index is -1.34. The van der Waals surface area contributed by atoms with Crippen LogP contribution in [0.25, 0.3) is 6.08 Å². The average molecular weight is 378 g/mol. The van der Waals surface area contributed by atoms with Gasteiger partial charge in [-0.05, 0) is 12.0 Å². The SMILES string of the molecule is C=Cc1ccccc1[Si]COCC(CC)N([Si](C)(C)C)[Si](C)(C)C. The molecule has 0 amide bonds. The summed E-state index contributed by atoms with van der Waals surface area (Å²) in [7, 11) is -1.99. The lowest BCUT2D eigenvalue weighted by molar-refractivity contribution is 0.133. The molecule has 1 unspecified atom stereocenters. The van der Waals surface area contributed by atoms with Crippen LogP contribution in [-0.4, -0.2) is 49.1 Å². The standard InChI is InChI=1S/C19H35NOSi3/c1-9-17-13-11-12-14-19(17)22-16-21-15-18(10-2)20(23(3,4)5)24(6,7)8/h9,11-14,18H,1,10,15-16H2,2-8H3. The molecule has 0 heterocycles. The molecule has 0 saturated heterocycles. The van der Waals surface area contributed by atoms with E-state index in [0.29, 0.717) is 15.6 Å². The number of nitrogens with zero attached hydrogens (tertiary/aromatic N) is 1. The van der Waals surface area contributed by atoms with Crippen molar-refractivity contribution in [1.29, 1.82) is 0 Å². The summed E-state index contributed by atoms with van der Waals surface area (Å²) in [6, 6.07) is 9.04. The van der Waals surface area contributed by atoms with E-state index in [9.17, 15) is 0 Å². The Labute approximate surface area is 154 Å². The molecule has 1 atom stereocenters. The van der Waals surface area contributed by atoms with Gasteiger partial charge in [-0.3, -0.25) is 0 Å². The van der Waals surface area contributed by atoms with Gasteiger partial charge in [-0.15, -0.1) is 0 Å². The molecule has 1 rings (SSSR count). The smallest absolute Gasteiger partial charge is 0.115 e. The van der Waals surface area contributed by atoms with Crippen molar-refractivity contribution in [2.75, 3.05) is 12.8 Å². The van der Waals surface area contributed by atoms with Crippen LogP contribution in [0.5, 0.6) is 0 Å². The summed E-state index contributed by atoms with van der Waals surface area (Å²) in [6.07, 6.45) is 3.92. The lowest BCUT2D eigenvalue weighted by Crippen LogP contribution is -2.64. The van der Waals surface area contributed by atoms with Gasteiger partial charge in [-0.25, -0.2) is 0 Å². The summed E-state index contributed by atoms with van der Waals surface area (Å²) in [6.45, 7) is 21.9. The quantitative estimate of drug-likeness (QED) is 0.443. The van der Waals surface area contributed by atoms with E-state index in [2.05, 4.69) is 81.3 Å². The van der Waals surface area contributed by atoms with E-state index in [4.69, 9.17) is 4.74 Å². The van der Waals surface area contributed by atoms with Gasteiger partial charge in [0.25, 0.3) is 0 Å². The molecule has 0 bridgehead atoms. The second kappa shape index (κ2) is 9.29.